The van der Waals surface area contributed by atoms with E-state index in [4.69, 9.17) is 15.6 Å². The second kappa shape index (κ2) is 8.67. The number of aromatic nitrogens is 3. The van der Waals surface area contributed by atoms with E-state index in [1.165, 1.54) is 18.2 Å². The van der Waals surface area contributed by atoms with E-state index >= 15 is 0 Å². The third-order valence-corrected chi connectivity index (χ3v) is 4.54. The minimum Gasteiger partial charge on any atom is -0.457 e. The highest BCUT2D eigenvalue weighted by Gasteiger charge is 2.35. The molecule has 32 heavy (non-hydrogen) atoms. The number of pyridine rings is 1. The van der Waals surface area contributed by atoms with E-state index in [1.54, 1.807) is 36.4 Å². The van der Waals surface area contributed by atoms with Gasteiger partial charge in [0.25, 0.3) is 0 Å². The first-order valence-electron chi connectivity index (χ1n) is 9.59. The van der Waals surface area contributed by atoms with Crippen molar-refractivity contribution in [2.45, 2.75) is 6.18 Å². The maximum atomic E-state index is 13.9. The number of rotatable bonds is 6. The molecule has 164 valence electrons. The fraction of sp³-hybridized carbons (Fsp3) is 0.136. The number of fused-ring (bicyclic) bond motifs is 1. The van der Waals surface area contributed by atoms with Crippen LogP contribution >= 0.6 is 0 Å². The summed E-state index contributed by atoms with van der Waals surface area (Å²) in [5.74, 6) is 0.604. The SMILES string of the molecule is Nc1nc(NCCO)c2ccc(-c3c(Oc4ccccc4)cccc3C(F)(F)F)nc2n1. The Morgan fingerprint density at radius 2 is 1.72 bits per heavy atom. The average Bonchev–Trinajstić information content (AvgIpc) is 2.77. The van der Waals surface area contributed by atoms with Gasteiger partial charge in [-0.15, -0.1) is 0 Å². The van der Waals surface area contributed by atoms with Gasteiger partial charge in [-0.2, -0.15) is 23.1 Å². The van der Waals surface area contributed by atoms with Crippen LogP contribution in [0.25, 0.3) is 22.3 Å². The summed E-state index contributed by atoms with van der Waals surface area (Å²) in [6.07, 6.45) is -4.64. The zero-order chi connectivity index (χ0) is 22.7. The fourth-order valence-electron chi connectivity index (χ4n) is 3.21. The molecule has 10 heteroatoms. The van der Waals surface area contributed by atoms with Crippen molar-refractivity contribution in [2.75, 3.05) is 24.2 Å². The number of anilines is 2. The Bertz CT molecular complexity index is 1250. The molecule has 0 aliphatic rings. The van der Waals surface area contributed by atoms with Crippen LogP contribution in [0.2, 0.25) is 0 Å². The summed E-state index contributed by atoms with van der Waals surface area (Å²) in [5.41, 5.74) is 4.77. The highest BCUT2D eigenvalue weighted by molar-refractivity contribution is 5.89. The number of ether oxygens (including phenoxy) is 1. The van der Waals surface area contributed by atoms with Crippen LogP contribution in [0.3, 0.4) is 0 Å². The van der Waals surface area contributed by atoms with Gasteiger partial charge in [-0.3, -0.25) is 0 Å². The summed E-state index contributed by atoms with van der Waals surface area (Å²) in [6.45, 7) is 0.0648. The van der Waals surface area contributed by atoms with Crippen molar-refractivity contribution in [3.63, 3.8) is 0 Å². The fourth-order valence-corrected chi connectivity index (χ4v) is 3.21. The molecule has 0 aliphatic heterocycles. The smallest absolute Gasteiger partial charge is 0.417 e. The van der Waals surface area contributed by atoms with Gasteiger partial charge in [-0.25, -0.2) is 4.98 Å². The lowest BCUT2D eigenvalue weighted by molar-refractivity contribution is -0.137. The molecule has 0 spiro atoms. The molecule has 0 bridgehead atoms. The summed E-state index contributed by atoms with van der Waals surface area (Å²) in [4.78, 5) is 12.5. The number of nitrogens with two attached hydrogens (primary N) is 1. The van der Waals surface area contributed by atoms with Crippen molar-refractivity contribution in [3.8, 4) is 22.8 Å². The average molecular weight is 441 g/mol. The Hall–Kier alpha value is -3.92. The van der Waals surface area contributed by atoms with Crippen molar-refractivity contribution < 1.29 is 23.0 Å². The van der Waals surface area contributed by atoms with E-state index in [2.05, 4.69) is 20.3 Å². The molecule has 4 aromatic rings. The molecular formula is C22H18F3N5O2. The first kappa shape index (κ1) is 21.3. The minimum absolute atomic E-state index is 0.00136. The van der Waals surface area contributed by atoms with E-state index in [-0.39, 0.29) is 41.8 Å². The topological polar surface area (TPSA) is 106 Å². The van der Waals surface area contributed by atoms with Gasteiger partial charge >= 0.3 is 6.18 Å². The number of hydrogen-bond donors (Lipinski definition) is 3. The van der Waals surface area contributed by atoms with Gasteiger partial charge in [0.1, 0.15) is 17.3 Å². The highest BCUT2D eigenvalue weighted by atomic mass is 19.4. The molecule has 0 radical (unpaired) electrons. The summed E-state index contributed by atoms with van der Waals surface area (Å²) in [7, 11) is 0. The van der Waals surface area contributed by atoms with Crippen LogP contribution in [0.15, 0.2) is 60.7 Å². The molecule has 0 atom stereocenters. The molecule has 7 nitrogen and oxygen atoms in total. The minimum atomic E-state index is -4.64. The second-order valence-electron chi connectivity index (χ2n) is 6.74. The third-order valence-electron chi connectivity index (χ3n) is 4.54. The largest absolute Gasteiger partial charge is 0.457 e. The number of nitrogen functional groups attached to an aromatic ring is 1. The molecule has 4 rings (SSSR count). The van der Waals surface area contributed by atoms with Crippen LogP contribution in [0.4, 0.5) is 24.9 Å². The van der Waals surface area contributed by atoms with Crippen LogP contribution in [0.1, 0.15) is 5.56 Å². The summed E-state index contributed by atoms with van der Waals surface area (Å²) < 4.78 is 47.4. The molecule has 0 saturated heterocycles. The highest BCUT2D eigenvalue weighted by Crippen LogP contribution is 2.43. The maximum Gasteiger partial charge on any atom is 0.417 e. The standard InChI is InChI=1S/C22H18F3N5O2/c23-22(24,25)15-7-4-8-17(32-13-5-2-1-3-6-13)18(15)16-10-9-14-19(27-11-12-31)29-21(26)30-20(14)28-16/h1-10,31H,11-12H2,(H3,26,27,28,29,30). The number of alkyl halides is 3. The first-order chi connectivity index (χ1) is 15.4. The van der Waals surface area contributed by atoms with Gasteiger partial charge in [0.2, 0.25) is 5.95 Å². The maximum absolute atomic E-state index is 13.9. The first-order valence-corrected chi connectivity index (χ1v) is 9.59. The Labute approximate surface area is 180 Å². The monoisotopic (exact) mass is 441 g/mol. The number of nitrogens with zero attached hydrogens (tertiary/aromatic N) is 3. The molecular weight excluding hydrogens is 423 g/mol. The Kier molecular flexibility index (Phi) is 5.78. The number of halogens is 3. The number of aliphatic hydroxyl groups is 1. The van der Waals surface area contributed by atoms with E-state index in [9.17, 15) is 13.2 Å². The van der Waals surface area contributed by atoms with Gasteiger partial charge in [0.15, 0.2) is 5.65 Å². The lowest BCUT2D eigenvalue weighted by atomic mass is 10.0. The zero-order valence-electron chi connectivity index (χ0n) is 16.6. The van der Waals surface area contributed by atoms with Gasteiger partial charge in [0, 0.05) is 6.54 Å². The molecule has 4 N–H and O–H groups in total. The van der Waals surface area contributed by atoms with Crippen molar-refractivity contribution in [3.05, 3.63) is 66.2 Å². The molecule has 0 unspecified atom stereocenters. The van der Waals surface area contributed by atoms with Crippen LogP contribution in [0, 0.1) is 0 Å². The van der Waals surface area contributed by atoms with Gasteiger partial charge in [-0.05, 0) is 36.4 Å². The molecule has 0 fully saturated rings. The molecule has 2 aromatic heterocycles. The van der Waals surface area contributed by atoms with Crippen LogP contribution in [-0.2, 0) is 6.18 Å². The van der Waals surface area contributed by atoms with E-state index in [0.29, 0.717) is 17.0 Å². The summed E-state index contributed by atoms with van der Waals surface area (Å²) in [6, 6.07) is 15.2. The van der Waals surface area contributed by atoms with Gasteiger partial charge in [0.05, 0.1) is 28.8 Å². The molecule has 0 aliphatic carbocycles. The van der Waals surface area contributed by atoms with Crippen molar-refractivity contribution in [1.82, 2.24) is 15.0 Å². The Morgan fingerprint density at radius 3 is 2.44 bits per heavy atom. The van der Waals surface area contributed by atoms with E-state index in [1.807, 2.05) is 0 Å². The number of aliphatic hydroxyl groups excluding tert-OH is 1. The lowest BCUT2D eigenvalue weighted by Gasteiger charge is -2.17. The number of para-hydroxylation sites is 1. The Balaban J connectivity index is 1.89. The predicted octanol–water partition coefficient (Wildman–Crippen LogP) is 4.49. The molecule has 0 saturated carbocycles. The van der Waals surface area contributed by atoms with Crippen molar-refractivity contribution >= 4 is 22.8 Å². The van der Waals surface area contributed by atoms with Crippen LogP contribution < -0.4 is 15.8 Å². The zero-order valence-corrected chi connectivity index (χ0v) is 16.6. The number of nitrogens with one attached hydrogen (secondary N) is 1. The molecule has 0 amide bonds. The van der Waals surface area contributed by atoms with E-state index in [0.717, 1.165) is 6.07 Å². The Morgan fingerprint density at radius 1 is 0.938 bits per heavy atom. The summed E-state index contributed by atoms with van der Waals surface area (Å²) >= 11 is 0. The number of benzene rings is 2. The molecule has 2 aromatic carbocycles. The van der Waals surface area contributed by atoms with Crippen molar-refractivity contribution in [2.24, 2.45) is 0 Å². The van der Waals surface area contributed by atoms with Crippen LogP contribution in [0.5, 0.6) is 11.5 Å². The van der Waals surface area contributed by atoms with Gasteiger partial charge in [-0.1, -0.05) is 24.3 Å². The second-order valence-corrected chi connectivity index (χ2v) is 6.74. The summed E-state index contributed by atoms with van der Waals surface area (Å²) in [5, 5.41) is 12.4. The van der Waals surface area contributed by atoms with Crippen molar-refractivity contribution in [1.29, 1.82) is 0 Å². The third kappa shape index (κ3) is 4.40. The molecule has 2 heterocycles. The predicted molar refractivity (Wildman–Crippen MR) is 114 cm³/mol. The van der Waals surface area contributed by atoms with Crippen LogP contribution in [-0.4, -0.2) is 33.2 Å². The quantitative estimate of drug-likeness (QED) is 0.405. The van der Waals surface area contributed by atoms with E-state index < -0.39 is 11.7 Å². The van der Waals surface area contributed by atoms with Gasteiger partial charge < -0.3 is 20.9 Å². The number of hydrogen-bond acceptors (Lipinski definition) is 7. The lowest BCUT2D eigenvalue weighted by Crippen LogP contribution is -2.10. The normalized spacial score (nSPS) is 11.5.